The molecule has 116 valence electrons. The average Bonchev–Trinajstić information content (AvgIpc) is 2.83. The van der Waals surface area contributed by atoms with Crippen molar-refractivity contribution in [3.05, 3.63) is 0 Å². The van der Waals surface area contributed by atoms with Crippen LogP contribution in [-0.4, -0.2) is 0 Å². The quantitative estimate of drug-likeness (QED) is 0.571. The maximum atomic E-state index is 9.55. The number of rotatable bonds is 0. The molecular formula is C20H31N. The molecule has 0 aliphatic heterocycles. The minimum absolute atomic E-state index is 0.348. The monoisotopic (exact) mass is 285 g/mol. The maximum Gasteiger partial charge on any atom is 0.0661 e. The summed E-state index contributed by atoms with van der Waals surface area (Å²) in [4.78, 5) is 0. The minimum atomic E-state index is 0.348. The Bertz CT molecular complexity index is 463. The van der Waals surface area contributed by atoms with Crippen LogP contribution in [0.25, 0.3) is 0 Å². The Morgan fingerprint density at radius 1 is 0.810 bits per heavy atom. The molecule has 0 aromatic rings. The lowest BCUT2D eigenvalue weighted by atomic mass is 9.45. The Morgan fingerprint density at radius 3 is 2.43 bits per heavy atom. The Balaban J connectivity index is 1.64. The molecule has 0 spiro atoms. The minimum Gasteiger partial charge on any atom is -0.198 e. The number of fused-ring (bicyclic) bond motifs is 5. The van der Waals surface area contributed by atoms with Gasteiger partial charge in [0.05, 0.1) is 12.0 Å². The van der Waals surface area contributed by atoms with Crippen LogP contribution in [-0.2, 0) is 0 Å². The first kappa shape index (κ1) is 14.1. The maximum absolute atomic E-state index is 9.55. The summed E-state index contributed by atoms with van der Waals surface area (Å²) in [7, 11) is 0. The summed E-state index contributed by atoms with van der Waals surface area (Å²) in [6.07, 6.45) is 14.2. The van der Waals surface area contributed by atoms with Crippen LogP contribution in [0.4, 0.5) is 0 Å². The summed E-state index contributed by atoms with van der Waals surface area (Å²) < 4.78 is 0. The fourth-order valence-electron chi connectivity index (χ4n) is 7.51. The number of hydrogen-bond acceptors (Lipinski definition) is 1. The molecule has 0 heterocycles. The van der Waals surface area contributed by atoms with Gasteiger partial charge in [-0.05, 0) is 85.9 Å². The van der Waals surface area contributed by atoms with Crippen LogP contribution in [0.15, 0.2) is 0 Å². The van der Waals surface area contributed by atoms with Crippen molar-refractivity contribution in [3.8, 4) is 6.07 Å². The molecule has 0 amide bonds. The highest BCUT2D eigenvalue weighted by molar-refractivity contribution is 5.12. The fourth-order valence-corrected chi connectivity index (χ4v) is 7.51. The summed E-state index contributed by atoms with van der Waals surface area (Å²) in [6, 6.07) is 2.66. The average molecular weight is 285 g/mol. The van der Waals surface area contributed by atoms with Gasteiger partial charge in [0.2, 0.25) is 0 Å². The van der Waals surface area contributed by atoms with Crippen LogP contribution >= 0.6 is 0 Å². The van der Waals surface area contributed by atoms with Crippen LogP contribution in [0, 0.1) is 51.8 Å². The van der Waals surface area contributed by atoms with E-state index in [0.29, 0.717) is 16.7 Å². The zero-order valence-corrected chi connectivity index (χ0v) is 13.9. The van der Waals surface area contributed by atoms with Crippen molar-refractivity contribution in [3.63, 3.8) is 0 Å². The fraction of sp³-hybridized carbons (Fsp3) is 0.950. The van der Waals surface area contributed by atoms with E-state index < -0.39 is 0 Å². The second kappa shape index (κ2) is 4.74. The van der Waals surface area contributed by atoms with Gasteiger partial charge in [0.15, 0.2) is 0 Å². The highest BCUT2D eigenvalue weighted by Crippen LogP contribution is 2.67. The zero-order chi connectivity index (χ0) is 14.7. The van der Waals surface area contributed by atoms with Gasteiger partial charge in [0.1, 0.15) is 0 Å². The smallest absolute Gasteiger partial charge is 0.0661 e. The van der Waals surface area contributed by atoms with Crippen molar-refractivity contribution in [2.45, 2.75) is 78.1 Å². The predicted molar refractivity (Wildman–Crippen MR) is 85.4 cm³/mol. The van der Waals surface area contributed by atoms with Gasteiger partial charge in [-0.15, -0.1) is 0 Å². The van der Waals surface area contributed by atoms with Crippen molar-refractivity contribution >= 4 is 0 Å². The van der Waals surface area contributed by atoms with E-state index in [9.17, 15) is 5.26 Å². The predicted octanol–water partition coefficient (Wildman–Crippen LogP) is 5.56. The molecule has 0 radical (unpaired) electrons. The number of nitriles is 1. The van der Waals surface area contributed by atoms with Crippen molar-refractivity contribution in [2.24, 2.45) is 40.4 Å². The van der Waals surface area contributed by atoms with E-state index in [-0.39, 0.29) is 0 Å². The van der Waals surface area contributed by atoms with Crippen LogP contribution < -0.4 is 0 Å². The molecule has 1 nitrogen and oxygen atoms in total. The molecule has 0 aromatic carbocycles. The molecule has 4 aliphatic carbocycles. The first-order valence-electron chi connectivity index (χ1n) is 9.49. The highest BCUT2D eigenvalue weighted by Gasteiger charge is 2.59. The van der Waals surface area contributed by atoms with Crippen LogP contribution in [0.5, 0.6) is 0 Å². The molecular weight excluding hydrogens is 254 g/mol. The number of nitrogens with zero attached hydrogens (tertiary/aromatic N) is 1. The second-order valence-corrected chi connectivity index (χ2v) is 9.21. The molecule has 4 fully saturated rings. The lowest BCUT2D eigenvalue weighted by Crippen LogP contribution is -2.52. The molecule has 7 atom stereocenters. The summed E-state index contributed by atoms with van der Waals surface area (Å²) >= 11 is 0. The van der Waals surface area contributed by atoms with Crippen molar-refractivity contribution in [1.29, 1.82) is 5.26 Å². The first-order valence-corrected chi connectivity index (χ1v) is 9.49. The summed E-state index contributed by atoms with van der Waals surface area (Å²) in [6.45, 7) is 5.11. The molecule has 1 heteroatoms. The van der Waals surface area contributed by atoms with Gasteiger partial charge in [-0.25, -0.2) is 0 Å². The van der Waals surface area contributed by atoms with Crippen LogP contribution in [0.2, 0.25) is 0 Å². The van der Waals surface area contributed by atoms with Crippen molar-refractivity contribution in [2.75, 3.05) is 0 Å². The van der Waals surface area contributed by atoms with Crippen molar-refractivity contribution < 1.29 is 0 Å². The molecule has 4 aliphatic rings. The lowest BCUT2D eigenvalue weighted by molar-refractivity contribution is -0.107. The Labute approximate surface area is 130 Å². The van der Waals surface area contributed by atoms with E-state index in [1.807, 2.05) is 0 Å². The first-order chi connectivity index (χ1) is 10.1. The van der Waals surface area contributed by atoms with Gasteiger partial charge in [-0.3, -0.25) is 0 Å². The third-order valence-electron chi connectivity index (χ3n) is 8.74. The molecule has 0 aromatic heterocycles. The largest absolute Gasteiger partial charge is 0.198 e. The van der Waals surface area contributed by atoms with E-state index >= 15 is 0 Å². The van der Waals surface area contributed by atoms with Gasteiger partial charge < -0.3 is 0 Å². The van der Waals surface area contributed by atoms with E-state index in [1.54, 1.807) is 0 Å². The Kier molecular flexibility index (Phi) is 3.18. The highest BCUT2D eigenvalue weighted by atomic mass is 14.6. The third-order valence-corrected chi connectivity index (χ3v) is 8.74. The summed E-state index contributed by atoms with van der Waals surface area (Å²) in [5.74, 6) is 4.15. The van der Waals surface area contributed by atoms with Gasteiger partial charge in [0.25, 0.3) is 0 Å². The molecule has 21 heavy (non-hydrogen) atoms. The van der Waals surface area contributed by atoms with Crippen LogP contribution in [0.1, 0.15) is 78.1 Å². The molecule has 4 rings (SSSR count). The van der Waals surface area contributed by atoms with Gasteiger partial charge in [-0.2, -0.15) is 5.26 Å². The van der Waals surface area contributed by atoms with E-state index in [4.69, 9.17) is 0 Å². The van der Waals surface area contributed by atoms with E-state index in [2.05, 4.69) is 19.9 Å². The van der Waals surface area contributed by atoms with E-state index in [0.717, 1.165) is 23.7 Å². The van der Waals surface area contributed by atoms with E-state index in [1.165, 1.54) is 64.2 Å². The molecule has 0 saturated heterocycles. The zero-order valence-electron chi connectivity index (χ0n) is 13.9. The Hall–Kier alpha value is -0.510. The molecule has 4 saturated carbocycles. The molecule has 7 unspecified atom stereocenters. The standard InChI is InChI=1S/C20H31N/c1-19-11-4-3-5-14(19)6-8-16-17-9-7-15(13-21)20(17,2)12-10-18(16)19/h14-18H,3-12H2,1-2H3. The third kappa shape index (κ3) is 1.80. The van der Waals surface area contributed by atoms with Crippen LogP contribution in [0.3, 0.4) is 0 Å². The lowest BCUT2D eigenvalue weighted by Gasteiger charge is -2.60. The normalized spacial score (nSPS) is 56.0. The summed E-state index contributed by atoms with van der Waals surface area (Å²) in [5.41, 5.74) is 1.00. The molecule has 0 bridgehead atoms. The number of hydrogen-bond donors (Lipinski definition) is 0. The van der Waals surface area contributed by atoms with Crippen molar-refractivity contribution in [1.82, 2.24) is 0 Å². The van der Waals surface area contributed by atoms with Gasteiger partial charge in [-0.1, -0.05) is 26.7 Å². The summed E-state index contributed by atoms with van der Waals surface area (Å²) in [5, 5.41) is 9.55. The Morgan fingerprint density at radius 2 is 1.62 bits per heavy atom. The van der Waals surface area contributed by atoms with Gasteiger partial charge >= 0.3 is 0 Å². The second-order valence-electron chi connectivity index (χ2n) is 9.21. The van der Waals surface area contributed by atoms with Gasteiger partial charge in [0, 0.05) is 0 Å². The topological polar surface area (TPSA) is 23.8 Å². The molecule has 0 N–H and O–H groups in total. The SMILES string of the molecule is CC12CCC3C(CCC4CCCCC43C)C1CCC2C#N.